The lowest BCUT2D eigenvalue weighted by molar-refractivity contribution is -0.202. The van der Waals surface area contributed by atoms with Crippen LogP contribution >= 0.6 is 0 Å². The Morgan fingerprint density at radius 1 is 1.14 bits per heavy atom. The Labute approximate surface area is 243 Å². The fourth-order valence-corrected chi connectivity index (χ4v) is 8.37. The van der Waals surface area contributed by atoms with Gasteiger partial charge in [-0.3, -0.25) is 4.98 Å². The van der Waals surface area contributed by atoms with Crippen molar-refractivity contribution in [2.24, 2.45) is 11.7 Å². The van der Waals surface area contributed by atoms with Crippen molar-refractivity contribution < 1.29 is 26.7 Å². The normalized spacial score (nSPS) is 24.0. The summed E-state index contributed by atoms with van der Waals surface area (Å²) < 4.78 is 67.7. The largest absolute Gasteiger partial charge is 0.375 e. The Morgan fingerprint density at radius 2 is 1.88 bits per heavy atom. The van der Waals surface area contributed by atoms with E-state index in [0.717, 1.165) is 11.1 Å². The van der Waals surface area contributed by atoms with Crippen LogP contribution in [-0.4, -0.2) is 65.9 Å². The second-order valence-corrected chi connectivity index (χ2v) is 13.8. The van der Waals surface area contributed by atoms with Crippen molar-refractivity contribution in [3.63, 3.8) is 0 Å². The van der Waals surface area contributed by atoms with Crippen molar-refractivity contribution in [2.45, 2.75) is 49.0 Å². The maximum absolute atomic E-state index is 15.4. The van der Waals surface area contributed by atoms with Gasteiger partial charge in [0.1, 0.15) is 23.1 Å². The van der Waals surface area contributed by atoms with Gasteiger partial charge in [0, 0.05) is 38.2 Å². The number of imidazole rings is 1. The molecule has 12 heteroatoms. The molecule has 6 rings (SSSR count). The number of nitrogens with zero attached hydrogens (tertiary/aromatic N) is 4. The van der Waals surface area contributed by atoms with E-state index in [1.54, 1.807) is 35.2 Å². The fraction of sp³-hybridized carbons (Fsp3) is 0.433. The van der Waals surface area contributed by atoms with Gasteiger partial charge in [-0.2, -0.15) is 5.10 Å². The second-order valence-electron chi connectivity index (χ2n) is 11.6. The minimum Gasteiger partial charge on any atom is -0.375 e. The van der Waals surface area contributed by atoms with Crippen LogP contribution in [0.4, 0.5) is 8.78 Å². The topological polar surface area (TPSA) is 122 Å². The van der Waals surface area contributed by atoms with Crippen LogP contribution in [0.15, 0.2) is 48.9 Å². The molecule has 9 nitrogen and oxygen atoms in total. The minimum atomic E-state index is -3.27. The third kappa shape index (κ3) is 5.00. The first kappa shape index (κ1) is 28.8. The number of fused-ring (bicyclic) bond motifs is 1. The Hall–Kier alpha value is -3.32. The molecule has 1 saturated carbocycles. The van der Waals surface area contributed by atoms with Gasteiger partial charge in [0.2, 0.25) is 0 Å². The van der Waals surface area contributed by atoms with E-state index < -0.39 is 38.4 Å². The highest BCUT2D eigenvalue weighted by Gasteiger charge is 2.42. The lowest BCUT2D eigenvalue weighted by Crippen LogP contribution is -2.48. The highest BCUT2D eigenvalue weighted by atomic mass is 32.2. The summed E-state index contributed by atoms with van der Waals surface area (Å²) in [4.78, 5) is 8.88. The molecule has 0 unspecified atom stereocenters. The molecule has 2 fully saturated rings. The molecule has 1 saturated heterocycles. The SMILES string of the molecule is COC1(c2cc(F)c(-c3ccc4cnc(Cc5cnccc5[C@H]5C[C@@H](N)[C@@H](S(C)(=O)=O)[C@@H](C)C5)n4n3)c(F)c2)COC1. The van der Waals surface area contributed by atoms with Crippen LogP contribution < -0.4 is 5.73 Å². The van der Waals surface area contributed by atoms with Crippen LogP contribution in [0.1, 0.15) is 48.2 Å². The molecule has 222 valence electrons. The number of hydrogen-bond acceptors (Lipinski definition) is 8. The summed E-state index contributed by atoms with van der Waals surface area (Å²) in [5.74, 6) is -0.958. The number of ether oxygens (including phenoxy) is 2. The predicted octanol–water partition coefficient (Wildman–Crippen LogP) is 3.79. The summed E-state index contributed by atoms with van der Waals surface area (Å²) in [6.07, 6.45) is 7.98. The van der Waals surface area contributed by atoms with Crippen LogP contribution in [-0.2, 0) is 31.3 Å². The maximum atomic E-state index is 15.4. The number of benzene rings is 1. The summed E-state index contributed by atoms with van der Waals surface area (Å²) in [6, 6.07) is 7.31. The summed E-state index contributed by atoms with van der Waals surface area (Å²) >= 11 is 0. The van der Waals surface area contributed by atoms with Gasteiger partial charge in [0.25, 0.3) is 0 Å². The molecule has 0 spiro atoms. The number of sulfone groups is 1. The highest BCUT2D eigenvalue weighted by molar-refractivity contribution is 7.91. The van der Waals surface area contributed by atoms with Gasteiger partial charge in [-0.1, -0.05) is 6.92 Å². The maximum Gasteiger partial charge on any atom is 0.152 e. The van der Waals surface area contributed by atoms with E-state index in [-0.39, 0.29) is 36.3 Å². The Bertz CT molecular complexity index is 1720. The van der Waals surface area contributed by atoms with E-state index >= 15 is 8.78 Å². The number of aromatic nitrogens is 4. The summed E-state index contributed by atoms with van der Waals surface area (Å²) in [6.45, 7) is 2.39. The van der Waals surface area contributed by atoms with Crippen molar-refractivity contribution in [1.29, 1.82) is 0 Å². The quantitative estimate of drug-likeness (QED) is 0.342. The zero-order chi connectivity index (χ0) is 29.8. The molecule has 4 heterocycles. The summed E-state index contributed by atoms with van der Waals surface area (Å²) in [7, 11) is -1.78. The van der Waals surface area contributed by atoms with Crippen LogP contribution in [0.25, 0.3) is 16.8 Å². The number of halogens is 2. The van der Waals surface area contributed by atoms with Crippen molar-refractivity contribution in [3.05, 3.63) is 83.1 Å². The molecule has 2 N–H and O–H groups in total. The molecule has 1 aliphatic carbocycles. The van der Waals surface area contributed by atoms with Gasteiger partial charge in [0.05, 0.1) is 41.4 Å². The average Bonchev–Trinajstić information content (AvgIpc) is 3.29. The molecule has 0 bridgehead atoms. The zero-order valence-electron chi connectivity index (χ0n) is 23.6. The molecular formula is C30H33F2N5O4S. The zero-order valence-corrected chi connectivity index (χ0v) is 24.4. The lowest BCUT2D eigenvalue weighted by Gasteiger charge is -2.40. The van der Waals surface area contributed by atoms with Gasteiger partial charge in [-0.25, -0.2) is 26.7 Å². The number of nitrogens with two attached hydrogens (primary N) is 1. The van der Waals surface area contributed by atoms with E-state index in [2.05, 4.69) is 15.1 Å². The standard InChI is InChI=1S/C30H33F2N5O4S/c1-17-8-18(9-25(33)29(17)42(3,38)39)22-6-7-34-13-19(22)10-27-35-14-21-4-5-26(36-37(21)27)28-23(31)11-20(12-24(28)32)30(40-2)15-41-16-30/h4-7,11-14,17-18,25,29H,8-10,15-16,33H2,1-3H3/t17-,18+,25+,29-/m0/s1. The fourth-order valence-electron chi connectivity index (χ4n) is 6.67. The number of methoxy groups -OCH3 is 1. The molecular weight excluding hydrogens is 564 g/mol. The van der Waals surface area contributed by atoms with Crippen LogP contribution in [0.5, 0.6) is 0 Å². The molecule has 2 aliphatic rings. The van der Waals surface area contributed by atoms with Gasteiger partial charge < -0.3 is 15.2 Å². The third-order valence-corrected chi connectivity index (χ3v) is 10.6. The first-order valence-corrected chi connectivity index (χ1v) is 15.8. The molecule has 0 radical (unpaired) electrons. The average molecular weight is 598 g/mol. The van der Waals surface area contributed by atoms with Crippen LogP contribution in [0, 0.1) is 17.6 Å². The minimum absolute atomic E-state index is 0.0546. The van der Waals surface area contributed by atoms with E-state index in [4.69, 9.17) is 15.2 Å². The molecule has 42 heavy (non-hydrogen) atoms. The highest BCUT2D eigenvalue weighted by Crippen LogP contribution is 2.40. The smallest absolute Gasteiger partial charge is 0.152 e. The monoisotopic (exact) mass is 597 g/mol. The van der Waals surface area contributed by atoms with E-state index in [9.17, 15) is 8.42 Å². The van der Waals surface area contributed by atoms with Crippen molar-refractivity contribution in [2.75, 3.05) is 26.6 Å². The van der Waals surface area contributed by atoms with Crippen molar-refractivity contribution in [1.82, 2.24) is 19.6 Å². The number of hydrogen-bond donors (Lipinski definition) is 1. The van der Waals surface area contributed by atoms with E-state index in [0.29, 0.717) is 36.2 Å². The summed E-state index contributed by atoms with van der Waals surface area (Å²) in [5.41, 5.74) is 8.43. The first-order valence-electron chi connectivity index (χ1n) is 13.8. The lowest BCUT2D eigenvalue weighted by atomic mass is 9.75. The summed E-state index contributed by atoms with van der Waals surface area (Å²) in [5, 5.41) is 4.01. The van der Waals surface area contributed by atoms with Crippen LogP contribution in [0.2, 0.25) is 0 Å². The van der Waals surface area contributed by atoms with Gasteiger partial charge in [-0.05, 0) is 71.7 Å². The molecule has 4 atom stereocenters. The van der Waals surface area contributed by atoms with Gasteiger partial charge >= 0.3 is 0 Å². The predicted molar refractivity (Wildman–Crippen MR) is 153 cm³/mol. The molecule has 4 aromatic rings. The number of pyridine rings is 1. The molecule has 1 aromatic carbocycles. The first-order chi connectivity index (χ1) is 20.0. The van der Waals surface area contributed by atoms with E-state index in [1.807, 2.05) is 13.0 Å². The van der Waals surface area contributed by atoms with Crippen molar-refractivity contribution >= 4 is 15.4 Å². The van der Waals surface area contributed by atoms with E-state index in [1.165, 1.54) is 25.5 Å². The van der Waals surface area contributed by atoms with Crippen molar-refractivity contribution in [3.8, 4) is 11.3 Å². The number of rotatable bonds is 7. The Balaban J connectivity index is 1.32. The Kier molecular flexibility index (Phi) is 7.37. The van der Waals surface area contributed by atoms with Crippen LogP contribution in [0.3, 0.4) is 0 Å². The second kappa shape index (κ2) is 10.7. The Morgan fingerprint density at radius 3 is 2.50 bits per heavy atom. The third-order valence-electron chi connectivity index (χ3n) is 8.76. The van der Waals surface area contributed by atoms with Gasteiger partial charge in [-0.15, -0.1) is 0 Å². The van der Waals surface area contributed by atoms with Gasteiger partial charge in [0.15, 0.2) is 9.84 Å². The molecule has 3 aromatic heterocycles. The molecule has 0 amide bonds. The molecule has 1 aliphatic heterocycles.